The molecule has 0 bridgehead atoms. The highest BCUT2D eigenvalue weighted by Crippen LogP contribution is 2.18. The zero-order valence-corrected chi connectivity index (χ0v) is 31.5. The van der Waals surface area contributed by atoms with E-state index in [0.29, 0.717) is 19.3 Å². The van der Waals surface area contributed by atoms with E-state index in [1.165, 1.54) is 89.9 Å². The topological polar surface area (TPSA) is 63.6 Å². The fourth-order valence-electron chi connectivity index (χ4n) is 5.81. The predicted octanol–water partition coefficient (Wildman–Crippen LogP) is 14.1. The Bertz CT molecular complexity index is 850. The molecule has 0 spiro atoms. The van der Waals surface area contributed by atoms with Crippen molar-refractivity contribution in [2.24, 2.45) is 0 Å². The summed E-state index contributed by atoms with van der Waals surface area (Å²) in [5.74, 6) is -0.883. The molecule has 1 atom stereocenters. The number of unbranched alkanes of at least 4 members (excludes halogenated alkanes) is 17. The van der Waals surface area contributed by atoms with Gasteiger partial charge < -0.3 is 9.84 Å². The highest BCUT2D eigenvalue weighted by Gasteiger charge is 2.15. The van der Waals surface area contributed by atoms with Crippen LogP contribution in [0.5, 0.6) is 0 Å². The Morgan fingerprint density at radius 3 is 1.40 bits per heavy atom. The fraction of sp³-hybridized carbons (Fsp3) is 0.727. The average molecular weight is 669 g/mol. The van der Waals surface area contributed by atoms with Gasteiger partial charge in [0.1, 0.15) is 6.10 Å². The Morgan fingerprint density at radius 1 is 0.479 bits per heavy atom. The van der Waals surface area contributed by atoms with Crippen molar-refractivity contribution in [2.45, 2.75) is 206 Å². The van der Waals surface area contributed by atoms with Gasteiger partial charge in [-0.05, 0) is 77.0 Å². The third kappa shape index (κ3) is 38.1. The van der Waals surface area contributed by atoms with Crippen LogP contribution in [0, 0.1) is 0 Å². The lowest BCUT2D eigenvalue weighted by molar-refractivity contribution is -0.150. The number of ether oxygens (including phenoxy) is 1. The molecule has 0 heterocycles. The van der Waals surface area contributed by atoms with Crippen LogP contribution >= 0.6 is 0 Å². The molecule has 1 N–H and O–H groups in total. The molecule has 0 amide bonds. The fourth-order valence-corrected chi connectivity index (χ4v) is 5.81. The molecule has 0 aliphatic rings. The normalized spacial score (nSPS) is 12.9. The first-order valence-electron chi connectivity index (χ1n) is 20.3. The van der Waals surface area contributed by atoms with Gasteiger partial charge in [-0.1, -0.05) is 171 Å². The summed E-state index contributed by atoms with van der Waals surface area (Å²) in [7, 11) is 0. The van der Waals surface area contributed by atoms with Crippen molar-refractivity contribution in [3.8, 4) is 0 Å². The van der Waals surface area contributed by atoms with Crippen molar-refractivity contribution in [1.29, 1.82) is 0 Å². The number of esters is 1. The van der Waals surface area contributed by atoms with Crippen LogP contribution in [0.4, 0.5) is 0 Å². The number of hydrogen-bond acceptors (Lipinski definition) is 3. The molecule has 0 saturated carbocycles. The van der Waals surface area contributed by atoms with Crippen molar-refractivity contribution in [3.05, 3.63) is 60.8 Å². The SMILES string of the molecule is CC/C=C\C/C=C\C/C=C\C/C=C\C/C=C\CCCCCCCC(=O)OC(CCCCCCCCCCCCCCC)CCCC(=O)O. The number of carboxylic acid groups (broad SMARTS) is 1. The summed E-state index contributed by atoms with van der Waals surface area (Å²) in [6.07, 6.45) is 53.8. The van der Waals surface area contributed by atoms with Gasteiger partial charge in [-0.2, -0.15) is 0 Å². The monoisotopic (exact) mass is 669 g/mol. The summed E-state index contributed by atoms with van der Waals surface area (Å²) in [5, 5.41) is 9.02. The summed E-state index contributed by atoms with van der Waals surface area (Å²) in [6, 6.07) is 0. The molecule has 0 saturated heterocycles. The van der Waals surface area contributed by atoms with Crippen LogP contribution in [0.15, 0.2) is 60.8 Å². The van der Waals surface area contributed by atoms with Crippen molar-refractivity contribution >= 4 is 11.9 Å². The van der Waals surface area contributed by atoms with E-state index in [0.717, 1.165) is 70.6 Å². The molecule has 0 aromatic heterocycles. The van der Waals surface area contributed by atoms with E-state index in [1.54, 1.807) is 0 Å². The van der Waals surface area contributed by atoms with E-state index < -0.39 is 5.97 Å². The smallest absolute Gasteiger partial charge is 0.306 e. The number of carbonyl (C=O) groups excluding carboxylic acids is 1. The summed E-state index contributed by atoms with van der Waals surface area (Å²) in [5.41, 5.74) is 0. The first-order valence-corrected chi connectivity index (χ1v) is 20.3. The molecule has 4 heteroatoms. The Labute approximate surface area is 297 Å². The Morgan fingerprint density at radius 2 is 0.896 bits per heavy atom. The summed E-state index contributed by atoms with van der Waals surface area (Å²) in [4.78, 5) is 23.5. The van der Waals surface area contributed by atoms with Crippen LogP contribution in [0.2, 0.25) is 0 Å². The molecule has 0 aromatic rings. The van der Waals surface area contributed by atoms with E-state index in [4.69, 9.17) is 9.84 Å². The minimum absolute atomic E-state index is 0.108. The Hall–Kier alpha value is -2.36. The van der Waals surface area contributed by atoms with Crippen molar-refractivity contribution in [2.75, 3.05) is 0 Å². The van der Waals surface area contributed by atoms with E-state index >= 15 is 0 Å². The number of allylic oxidation sites excluding steroid dienone is 10. The molecule has 0 aromatic carbocycles. The van der Waals surface area contributed by atoms with Crippen LogP contribution in [0.3, 0.4) is 0 Å². The second-order valence-electron chi connectivity index (χ2n) is 13.4. The molecule has 276 valence electrons. The zero-order valence-electron chi connectivity index (χ0n) is 31.5. The van der Waals surface area contributed by atoms with Gasteiger partial charge in [0.05, 0.1) is 0 Å². The van der Waals surface area contributed by atoms with Gasteiger partial charge in [0.25, 0.3) is 0 Å². The first-order chi connectivity index (χ1) is 23.6. The lowest BCUT2D eigenvalue weighted by atomic mass is 10.0. The third-order valence-corrected chi connectivity index (χ3v) is 8.75. The number of rotatable bonds is 36. The van der Waals surface area contributed by atoms with Gasteiger partial charge in [0, 0.05) is 12.8 Å². The summed E-state index contributed by atoms with van der Waals surface area (Å²) in [6.45, 7) is 4.43. The quantitative estimate of drug-likeness (QED) is 0.0410. The van der Waals surface area contributed by atoms with E-state index in [1.807, 2.05) is 0 Å². The molecule has 4 nitrogen and oxygen atoms in total. The maximum Gasteiger partial charge on any atom is 0.306 e. The molecule has 0 rings (SSSR count). The lowest BCUT2D eigenvalue weighted by Gasteiger charge is -2.18. The van der Waals surface area contributed by atoms with Crippen LogP contribution in [-0.4, -0.2) is 23.1 Å². The number of carboxylic acids is 1. The number of carbonyl (C=O) groups is 2. The van der Waals surface area contributed by atoms with Gasteiger partial charge in [0.15, 0.2) is 0 Å². The standard InChI is InChI=1S/C44H76O4/c1-3-5-7-9-11-13-15-17-18-19-20-21-22-23-24-26-28-30-32-34-36-41-44(47)48-42(39-37-40-43(45)46)38-35-33-31-29-27-25-16-14-12-10-8-6-4-2/h5,7,11,13,17-18,20-21,23-24,42H,3-4,6,8-10,12,14-16,19,22,25-41H2,1-2H3,(H,45,46)/b7-5-,13-11-,18-17-,21-20-,24-23-. The maximum atomic E-state index is 12.5. The number of hydrogen-bond donors (Lipinski definition) is 1. The van der Waals surface area contributed by atoms with Crippen molar-refractivity contribution in [3.63, 3.8) is 0 Å². The third-order valence-electron chi connectivity index (χ3n) is 8.75. The highest BCUT2D eigenvalue weighted by molar-refractivity contribution is 5.69. The summed E-state index contributed by atoms with van der Waals surface area (Å²) >= 11 is 0. The second kappa shape index (κ2) is 39.1. The number of aliphatic carboxylic acids is 1. The van der Waals surface area contributed by atoms with Gasteiger partial charge in [-0.3, -0.25) is 9.59 Å². The summed E-state index contributed by atoms with van der Waals surface area (Å²) < 4.78 is 5.83. The average Bonchev–Trinajstić information content (AvgIpc) is 3.07. The first kappa shape index (κ1) is 45.6. The van der Waals surface area contributed by atoms with Gasteiger partial charge in [-0.15, -0.1) is 0 Å². The van der Waals surface area contributed by atoms with Crippen LogP contribution in [0.1, 0.15) is 200 Å². The van der Waals surface area contributed by atoms with Gasteiger partial charge >= 0.3 is 11.9 Å². The second-order valence-corrected chi connectivity index (χ2v) is 13.4. The largest absolute Gasteiger partial charge is 0.481 e. The molecular weight excluding hydrogens is 592 g/mol. The van der Waals surface area contributed by atoms with Crippen LogP contribution < -0.4 is 0 Å². The van der Waals surface area contributed by atoms with Crippen molar-refractivity contribution in [1.82, 2.24) is 0 Å². The molecule has 1 unspecified atom stereocenters. The molecular formula is C44H76O4. The molecule has 0 fully saturated rings. The van der Waals surface area contributed by atoms with Crippen molar-refractivity contribution < 1.29 is 19.4 Å². The molecule has 0 aliphatic heterocycles. The molecule has 0 aliphatic carbocycles. The molecule has 48 heavy (non-hydrogen) atoms. The predicted molar refractivity (Wildman–Crippen MR) is 208 cm³/mol. The maximum absolute atomic E-state index is 12.5. The van der Waals surface area contributed by atoms with Gasteiger partial charge in [-0.25, -0.2) is 0 Å². The van der Waals surface area contributed by atoms with E-state index in [-0.39, 0.29) is 18.5 Å². The highest BCUT2D eigenvalue weighted by atomic mass is 16.5. The molecule has 0 radical (unpaired) electrons. The van der Waals surface area contributed by atoms with Crippen LogP contribution in [-0.2, 0) is 14.3 Å². The van der Waals surface area contributed by atoms with Gasteiger partial charge in [0.2, 0.25) is 0 Å². The lowest BCUT2D eigenvalue weighted by Crippen LogP contribution is -2.18. The van der Waals surface area contributed by atoms with Crippen LogP contribution in [0.25, 0.3) is 0 Å². The minimum Gasteiger partial charge on any atom is -0.481 e. The Kier molecular flexibility index (Phi) is 37.2. The van der Waals surface area contributed by atoms with E-state index in [2.05, 4.69) is 74.6 Å². The van der Waals surface area contributed by atoms with E-state index in [9.17, 15) is 9.59 Å². The minimum atomic E-state index is -0.776. The Balaban J connectivity index is 3.86. The zero-order chi connectivity index (χ0) is 35.0.